The molecular weight excluding hydrogens is 456 g/mol. The highest BCUT2D eigenvalue weighted by Gasteiger charge is 2.38. The van der Waals surface area contributed by atoms with Gasteiger partial charge in [0.05, 0.1) is 19.3 Å². The molecule has 34 heavy (non-hydrogen) atoms. The van der Waals surface area contributed by atoms with Gasteiger partial charge in [0.25, 0.3) is 0 Å². The van der Waals surface area contributed by atoms with E-state index in [2.05, 4.69) is 14.6 Å². The van der Waals surface area contributed by atoms with Crippen molar-refractivity contribution in [2.75, 3.05) is 25.1 Å². The smallest absolute Gasteiger partial charge is 0.470 e. The number of carbonyl (C=O) groups excluding carboxylic acids is 1. The van der Waals surface area contributed by atoms with Crippen LogP contribution in [-0.4, -0.2) is 41.3 Å². The van der Waals surface area contributed by atoms with Gasteiger partial charge in [-0.05, 0) is 43.5 Å². The first kappa shape index (κ1) is 23.5. The Hall–Kier alpha value is -3.63. The van der Waals surface area contributed by atoms with Gasteiger partial charge in [0.2, 0.25) is 5.89 Å². The SMILES string of the molecule is COc1ccccc1N(Cc1ccc(-c2nnc(C(F)(F)F)o2)cc1F)C(=O)N1CCCCC1. The molecule has 7 nitrogen and oxygen atoms in total. The van der Waals surface area contributed by atoms with Crippen molar-refractivity contribution >= 4 is 11.7 Å². The maximum atomic E-state index is 15.0. The standard InChI is InChI=1S/C23H22F4N4O3/c1-33-19-8-4-3-7-18(19)31(22(32)30-11-5-2-6-12-30)14-16-10-9-15(13-17(16)24)20-28-29-21(34-20)23(25,26)27/h3-4,7-10,13H,2,5-6,11-12,14H2,1H3. The quantitative estimate of drug-likeness (QED) is 0.452. The summed E-state index contributed by atoms with van der Waals surface area (Å²) in [5.41, 5.74) is 0.641. The third kappa shape index (κ3) is 4.97. The van der Waals surface area contributed by atoms with Gasteiger partial charge in [-0.2, -0.15) is 13.2 Å². The number of anilines is 1. The highest BCUT2D eigenvalue weighted by molar-refractivity contribution is 5.93. The van der Waals surface area contributed by atoms with E-state index in [0.717, 1.165) is 25.3 Å². The minimum absolute atomic E-state index is 0.00421. The minimum Gasteiger partial charge on any atom is -0.495 e. The van der Waals surface area contributed by atoms with Crippen LogP contribution in [0.5, 0.6) is 5.75 Å². The Balaban J connectivity index is 1.64. The topological polar surface area (TPSA) is 71.7 Å². The molecule has 1 saturated heterocycles. The first-order valence-electron chi connectivity index (χ1n) is 10.7. The summed E-state index contributed by atoms with van der Waals surface area (Å²) in [5.74, 6) is -2.24. The molecule has 1 aromatic heterocycles. The summed E-state index contributed by atoms with van der Waals surface area (Å²) < 4.78 is 63.3. The van der Waals surface area contributed by atoms with Crippen molar-refractivity contribution in [1.82, 2.24) is 15.1 Å². The normalized spacial score (nSPS) is 14.2. The van der Waals surface area contributed by atoms with Crippen molar-refractivity contribution in [2.45, 2.75) is 32.0 Å². The van der Waals surface area contributed by atoms with Crippen LogP contribution in [0, 0.1) is 5.82 Å². The molecule has 11 heteroatoms. The van der Waals surface area contributed by atoms with Gasteiger partial charge in [-0.15, -0.1) is 10.2 Å². The second kappa shape index (κ2) is 9.70. The molecular formula is C23H22F4N4O3. The number of carbonyl (C=O) groups is 1. The molecule has 0 spiro atoms. The molecule has 180 valence electrons. The number of rotatable bonds is 5. The van der Waals surface area contributed by atoms with Crippen molar-refractivity contribution in [3.05, 3.63) is 59.7 Å². The first-order valence-corrected chi connectivity index (χ1v) is 10.7. The van der Waals surface area contributed by atoms with Crippen LogP contribution in [0.1, 0.15) is 30.7 Å². The van der Waals surface area contributed by atoms with Crippen LogP contribution in [0.4, 0.5) is 28.0 Å². The number of hydrogen-bond acceptors (Lipinski definition) is 5. The van der Waals surface area contributed by atoms with Gasteiger partial charge in [0, 0.05) is 24.2 Å². The molecule has 0 aliphatic carbocycles. The fourth-order valence-electron chi connectivity index (χ4n) is 3.80. The predicted molar refractivity (Wildman–Crippen MR) is 115 cm³/mol. The van der Waals surface area contributed by atoms with E-state index < -0.39 is 23.8 Å². The lowest BCUT2D eigenvalue weighted by atomic mass is 10.1. The molecule has 1 fully saturated rings. The zero-order valence-electron chi connectivity index (χ0n) is 18.3. The van der Waals surface area contributed by atoms with E-state index in [-0.39, 0.29) is 23.7 Å². The second-order valence-corrected chi connectivity index (χ2v) is 7.80. The number of piperidine rings is 1. The molecule has 0 atom stereocenters. The number of methoxy groups -OCH3 is 1. The van der Waals surface area contributed by atoms with E-state index in [9.17, 15) is 18.0 Å². The fourth-order valence-corrected chi connectivity index (χ4v) is 3.80. The summed E-state index contributed by atoms with van der Waals surface area (Å²) >= 11 is 0. The van der Waals surface area contributed by atoms with Gasteiger partial charge < -0.3 is 14.1 Å². The maximum absolute atomic E-state index is 15.0. The second-order valence-electron chi connectivity index (χ2n) is 7.80. The number of aromatic nitrogens is 2. The van der Waals surface area contributed by atoms with Crippen LogP contribution in [0.3, 0.4) is 0 Å². The number of halogens is 4. The van der Waals surface area contributed by atoms with Gasteiger partial charge in [-0.1, -0.05) is 18.2 Å². The molecule has 4 rings (SSSR count). The predicted octanol–water partition coefficient (Wildman–Crippen LogP) is 5.52. The number of alkyl halides is 3. The number of amides is 2. The highest BCUT2D eigenvalue weighted by atomic mass is 19.4. The summed E-state index contributed by atoms with van der Waals surface area (Å²) in [4.78, 5) is 16.6. The number of nitrogens with zero attached hydrogens (tertiary/aromatic N) is 4. The van der Waals surface area contributed by atoms with Crippen LogP contribution in [-0.2, 0) is 12.7 Å². The number of benzene rings is 2. The maximum Gasteiger partial charge on any atom is 0.470 e. The van der Waals surface area contributed by atoms with Crippen molar-refractivity contribution in [3.8, 4) is 17.2 Å². The van der Waals surface area contributed by atoms with Gasteiger partial charge in [0.1, 0.15) is 11.6 Å². The molecule has 0 bridgehead atoms. The Bertz CT molecular complexity index is 1160. The third-order valence-corrected chi connectivity index (χ3v) is 5.53. The zero-order chi connectivity index (χ0) is 24.3. The van der Waals surface area contributed by atoms with Gasteiger partial charge in [-0.25, -0.2) is 9.18 Å². The van der Waals surface area contributed by atoms with E-state index >= 15 is 4.39 Å². The van der Waals surface area contributed by atoms with E-state index in [1.54, 1.807) is 29.2 Å². The van der Waals surface area contributed by atoms with E-state index in [4.69, 9.17) is 4.74 Å². The van der Waals surface area contributed by atoms with Crippen LogP contribution < -0.4 is 9.64 Å². The van der Waals surface area contributed by atoms with Crippen LogP contribution in [0.25, 0.3) is 11.5 Å². The third-order valence-electron chi connectivity index (χ3n) is 5.53. The Morgan fingerprint density at radius 1 is 1.12 bits per heavy atom. The van der Waals surface area contributed by atoms with Crippen LogP contribution in [0.15, 0.2) is 46.9 Å². The Labute approximate surface area is 192 Å². The minimum atomic E-state index is -4.80. The first-order chi connectivity index (χ1) is 16.3. The average molecular weight is 478 g/mol. The monoisotopic (exact) mass is 478 g/mol. The summed E-state index contributed by atoms with van der Waals surface area (Å²) in [6.07, 6.45) is -1.98. The van der Waals surface area contributed by atoms with E-state index in [1.165, 1.54) is 24.1 Å². The molecule has 0 N–H and O–H groups in total. The Kier molecular flexibility index (Phi) is 6.71. The van der Waals surface area contributed by atoms with Gasteiger partial charge in [0.15, 0.2) is 0 Å². The molecule has 2 amide bonds. The lowest BCUT2D eigenvalue weighted by Gasteiger charge is -2.33. The average Bonchev–Trinajstić information content (AvgIpc) is 3.35. The molecule has 2 aromatic carbocycles. The van der Waals surface area contributed by atoms with Gasteiger partial charge >= 0.3 is 18.1 Å². The van der Waals surface area contributed by atoms with E-state index in [0.29, 0.717) is 24.5 Å². The molecule has 2 heterocycles. The summed E-state index contributed by atoms with van der Waals surface area (Å²) in [6, 6.07) is 10.4. The molecule has 1 aliphatic heterocycles. The number of hydrogen-bond donors (Lipinski definition) is 0. The Morgan fingerprint density at radius 3 is 2.50 bits per heavy atom. The van der Waals surface area contributed by atoms with Crippen molar-refractivity contribution in [3.63, 3.8) is 0 Å². The lowest BCUT2D eigenvalue weighted by molar-refractivity contribution is -0.156. The molecule has 0 unspecified atom stereocenters. The van der Waals surface area contributed by atoms with Gasteiger partial charge in [-0.3, -0.25) is 4.90 Å². The zero-order valence-corrected chi connectivity index (χ0v) is 18.3. The van der Waals surface area contributed by atoms with Crippen molar-refractivity contribution in [1.29, 1.82) is 0 Å². The lowest BCUT2D eigenvalue weighted by Crippen LogP contribution is -2.45. The number of ether oxygens (including phenoxy) is 1. The fraction of sp³-hybridized carbons (Fsp3) is 0.348. The van der Waals surface area contributed by atoms with E-state index in [1.807, 2.05) is 0 Å². The number of likely N-dealkylation sites (tertiary alicyclic amines) is 1. The van der Waals surface area contributed by atoms with Crippen LogP contribution in [0.2, 0.25) is 0 Å². The molecule has 0 saturated carbocycles. The van der Waals surface area contributed by atoms with Crippen molar-refractivity contribution in [2.24, 2.45) is 0 Å². The number of para-hydroxylation sites is 2. The molecule has 1 aliphatic rings. The summed E-state index contributed by atoms with van der Waals surface area (Å²) in [6.45, 7) is 1.09. The van der Waals surface area contributed by atoms with Crippen LogP contribution >= 0.6 is 0 Å². The number of urea groups is 1. The molecule has 3 aromatic rings. The molecule has 0 radical (unpaired) electrons. The Morgan fingerprint density at radius 2 is 1.85 bits per heavy atom. The largest absolute Gasteiger partial charge is 0.495 e. The summed E-state index contributed by atoms with van der Waals surface area (Å²) in [7, 11) is 1.48. The highest BCUT2D eigenvalue weighted by Crippen LogP contribution is 2.33. The van der Waals surface area contributed by atoms with Crippen molar-refractivity contribution < 1.29 is 31.5 Å². The summed E-state index contributed by atoms with van der Waals surface area (Å²) in [5, 5.41) is 6.31.